The van der Waals surface area contributed by atoms with E-state index < -0.39 is 0 Å². The zero-order valence-corrected chi connectivity index (χ0v) is 18.7. The number of hydrogen-bond acceptors (Lipinski definition) is 4. The number of aromatic nitrogens is 2. The maximum absolute atomic E-state index is 12.5. The lowest BCUT2D eigenvalue weighted by molar-refractivity contribution is -0.121. The van der Waals surface area contributed by atoms with Gasteiger partial charge in [0.25, 0.3) is 0 Å². The third-order valence-electron chi connectivity index (χ3n) is 5.03. The molecule has 1 N–H and O–H groups in total. The molecule has 6 heteroatoms. The van der Waals surface area contributed by atoms with Crippen molar-refractivity contribution in [1.82, 2.24) is 15.1 Å². The standard InChI is InChI=1S/C23H35N3O3/c1-7-13-28-21-11-9-19(15-22(21)29-14-8-2)16(3)24-23(27)12-10-20-17(4)25-26(6)18(20)5/h9,11,15-16H,7-8,10,12-14H2,1-6H3,(H,24,27). The predicted molar refractivity (Wildman–Crippen MR) is 116 cm³/mol. The number of carbonyl (C=O) groups excluding carboxylic acids is 1. The van der Waals surface area contributed by atoms with Gasteiger partial charge in [-0.05, 0) is 63.3 Å². The SMILES string of the molecule is CCCOc1ccc(C(C)NC(=O)CCc2c(C)nn(C)c2C)cc1OCCC. The summed E-state index contributed by atoms with van der Waals surface area (Å²) in [6, 6.07) is 5.79. The number of amides is 1. The first-order valence-corrected chi connectivity index (χ1v) is 10.5. The number of nitrogens with zero attached hydrogens (tertiary/aromatic N) is 2. The Morgan fingerprint density at radius 3 is 2.38 bits per heavy atom. The number of hydrogen-bond donors (Lipinski definition) is 1. The van der Waals surface area contributed by atoms with Crippen LogP contribution in [0.1, 0.15) is 68.6 Å². The van der Waals surface area contributed by atoms with Crippen molar-refractivity contribution in [1.29, 1.82) is 0 Å². The Bertz CT molecular complexity index is 814. The van der Waals surface area contributed by atoms with Crippen molar-refractivity contribution in [2.45, 2.75) is 66.3 Å². The van der Waals surface area contributed by atoms with Crippen molar-refractivity contribution in [3.05, 3.63) is 40.7 Å². The van der Waals surface area contributed by atoms with Gasteiger partial charge in [-0.3, -0.25) is 9.48 Å². The molecule has 29 heavy (non-hydrogen) atoms. The third kappa shape index (κ3) is 6.24. The predicted octanol–water partition coefficient (Wildman–Crippen LogP) is 4.42. The molecule has 0 aliphatic rings. The van der Waals surface area contributed by atoms with Crippen molar-refractivity contribution in [2.24, 2.45) is 7.05 Å². The van der Waals surface area contributed by atoms with Gasteiger partial charge in [0.15, 0.2) is 11.5 Å². The molecule has 1 heterocycles. The monoisotopic (exact) mass is 401 g/mol. The molecule has 2 aromatic rings. The van der Waals surface area contributed by atoms with Crippen LogP contribution < -0.4 is 14.8 Å². The minimum atomic E-state index is -0.109. The number of benzene rings is 1. The lowest BCUT2D eigenvalue weighted by atomic mass is 10.1. The van der Waals surface area contributed by atoms with Crippen LogP contribution in [-0.4, -0.2) is 28.9 Å². The molecule has 0 radical (unpaired) electrons. The van der Waals surface area contributed by atoms with E-state index in [1.165, 1.54) is 0 Å². The van der Waals surface area contributed by atoms with Crippen LogP contribution in [0.15, 0.2) is 18.2 Å². The number of nitrogens with one attached hydrogen (secondary N) is 1. The van der Waals surface area contributed by atoms with E-state index in [1.54, 1.807) is 0 Å². The molecule has 1 atom stereocenters. The van der Waals surface area contributed by atoms with E-state index in [0.29, 0.717) is 26.1 Å². The van der Waals surface area contributed by atoms with Gasteiger partial charge in [0.05, 0.1) is 24.9 Å². The van der Waals surface area contributed by atoms with Crippen molar-refractivity contribution in [3.63, 3.8) is 0 Å². The van der Waals surface area contributed by atoms with Crippen LogP contribution in [-0.2, 0) is 18.3 Å². The maximum Gasteiger partial charge on any atom is 0.220 e. The maximum atomic E-state index is 12.5. The second kappa shape index (κ2) is 10.9. The number of ether oxygens (including phenoxy) is 2. The van der Waals surface area contributed by atoms with Crippen LogP contribution in [0.3, 0.4) is 0 Å². The lowest BCUT2D eigenvalue weighted by Gasteiger charge is -2.18. The second-order valence-corrected chi connectivity index (χ2v) is 7.47. The van der Waals surface area contributed by atoms with Crippen LogP contribution in [0.5, 0.6) is 11.5 Å². The summed E-state index contributed by atoms with van der Waals surface area (Å²) in [6.07, 6.45) is 3.00. The van der Waals surface area contributed by atoms with Crippen LogP contribution in [0.25, 0.3) is 0 Å². The first kappa shape index (κ1) is 22.8. The van der Waals surface area contributed by atoms with Crippen molar-refractivity contribution in [3.8, 4) is 11.5 Å². The van der Waals surface area contributed by atoms with Crippen LogP contribution in [0, 0.1) is 13.8 Å². The van der Waals surface area contributed by atoms with Crippen LogP contribution >= 0.6 is 0 Å². The first-order chi connectivity index (χ1) is 13.9. The Hall–Kier alpha value is -2.50. The molecule has 0 saturated heterocycles. The minimum Gasteiger partial charge on any atom is -0.490 e. The molecule has 0 aliphatic heterocycles. The molecular weight excluding hydrogens is 366 g/mol. The second-order valence-electron chi connectivity index (χ2n) is 7.47. The van der Waals surface area contributed by atoms with Gasteiger partial charge in [0.1, 0.15) is 0 Å². The van der Waals surface area contributed by atoms with Gasteiger partial charge in [0, 0.05) is 19.2 Å². The zero-order chi connectivity index (χ0) is 21.4. The molecule has 1 aromatic carbocycles. The van der Waals surface area contributed by atoms with Gasteiger partial charge in [0.2, 0.25) is 5.91 Å². The highest BCUT2D eigenvalue weighted by Gasteiger charge is 2.15. The quantitative estimate of drug-likeness (QED) is 0.605. The Morgan fingerprint density at radius 1 is 1.14 bits per heavy atom. The zero-order valence-electron chi connectivity index (χ0n) is 18.7. The lowest BCUT2D eigenvalue weighted by Crippen LogP contribution is -2.27. The fraction of sp³-hybridized carbons (Fsp3) is 0.565. The van der Waals surface area contributed by atoms with E-state index >= 15 is 0 Å². The minimum absolute atomic E-state index is 0.0301. The van der Waals surface area contributed by atoms with Gasteiger partial charge in [-0.25, -0.2) is 0 Å². The molecule has 160 valence electrons. The molecule has 2 rings (SSSR count). The van der Waals surface area contributed by atoms with Crippen molar-refractivity contribution < 1.29 is 14.3 Å². The van der Waals surface area contributed by atoms with Crippen molar-refractivity contribution >= 4 is 5.91 Å². The molecule has 0 fully saturated rings. The summed E-state index contributed by atoms with van der Waals surface area (Å²) in [5.74, 6) is 1.52. The molecule has 1 amide bonds. The summed E-state index contributed by atoms with van der Waals surface area (Å²) >= 11 is 0. The number of aryl methyl sites for hydroxylation is 2. The molecule has 0 spiro atoms. The average Bonchev–Trinajstić information content (AvgIpc) is 2.94. The number of carbonyl (C=O) groups is 1. The normalized spacial score (nSPS) is 11.9. The molecule has 1 aromatic heterocycles. The van der Waals surface area contributed by atoms with E-state index in [9.17, 15) is 4.79 Å². The topological polar surface area (TPSA) is 65.4 Å². The van der Waals surface area contributed by atoms with E-state index in [-0.39, 0.29) is 11.9 Å². The van der Waals surface area contributed by atoms with Gasteiger partial charge >= 0.3 is 0 Å². The van der Waals surface area contributed by atoms with E-state index in [0.717, 1.165) is 46.9 Å². The van der Waals surface area contributed by atoms with Gasteiger partial charge in [-0.1, -0.05) is 19.9 Å². The van der Waals surface area contributed by atoms with E-state index in [2.05, 4.69) is 24.3 Å². The van der Waals surface area contributed by atoms with Crippen LogP contribution in [0.4, 0.5) is 0 Å². The molecule has 0 saturated carbocycles. The summed E-state index contributed by atoms with van der Waals surface area (Å²) in [6.45, 7) is 11.5. The summed E-state index contributed by atoms with van der Waals surface area (Å²) in [5, 5.41) is 7.52. The molecule has 6 nitrogen and oxygen atoms in total. The molecular formula is C23H35N3O3. The van der Waals surface area contributed by atoms with E-state index in [1.807, 2.05) is 50.7 Å². The highest BCUT2D eigenvalue weighted by Crippen LogP contribution is 2.31. The Morgan fingerprint density at radius 2 is 1.79 bits per heavy atom. The van der Waals surface area contributed by atoms with Gasteiger partial charge in [-0.15, -0.1) is 0 Å². The van der Waals surface area contributed by atoms with Crippen LogP contribution in [0.2, 0.25) is 0 Å². The smallest absolute Gasteiger partial charge is 0.220 e. The average molecular weight is 402 g/mol. The molecule has 1 unspecified atom stereocenters. The summed E-state index contributed by atoms with van der Waals surface area (Å²) < 4.78 is 13.5. The largest absolute Gasteiger partial charge is 0.490 e. The highest BCUT2D eigenvalue weighted by molar-refractivity contribution is 5.76. The fourth-order valence-corrected chi connectivity index (χ4v) is 3.26. The Balaban J connectivity index is 2.01. The fourth-order valence-electron chi connectivity index (χ4n) is 3.26. The van der Waals surface area contributed by atoms with Gasteiger partial charge in [-0.2, -0.15) is 5.10 Å². The Labute approximate surface area is 174 Å². The highest BCUT2D eigenvalue weighted by atomic mass is 16.5. The van der Waals surface area contributed by atoms with Gasteiger partial charge < -0.3 is 14.8 Å². The first-order valence-electron chi connectivity index (χ1n) is 10.5. The summed E-state index contributed by atoms with van der Waals surface area (Å²) in [7, 11) is 1.93. The third-order valence-corrected chi connectivity index (χ3v) is 5.03. The Kier molecular flexibility index (Phi) is 8.55. The molecule has 0 aliphatic carbocycles. The summed E-state index contributed by atoms with van der Waals surface area (Å²) in [4.78, 5) is 12.5. The molecule has 0 bridgehead atoms. The summed E-state index contributed by atoms with van der Waals surface area (Å²) in [5.41, 5.74) is 4.26. The van der Waals surface area contributed by atoms with E-state index in [4.69, 9.17) is 9.47 Å². The number of rotatable bonds is 11. The van der Waals surface area contributed by atoms with Crippen molar-refractivity contribution in [2.75, 3.05) is 13.2 Å².